The van der Waals surface area contributed by atoms with Gasteiger partial charge in [-0.1, -0.05) is 32.0 Å². The quantitative estimate of drug-likeness (QED) is 0.812. The van der Waals surface area contributed by atoms with Crippen molar-refractivity contribution in [1.29, 1.82) is 0 Å². The molecule has 0 unspecified atom stereocenters. The Kier molecular flexibility index (Phi) is 5.15. The zero-order chi connectivity index (χ0) is 19.7. The molecular weight excluding hydrogens is 356 g/mol. The smallest absolute Gasteiger partial charge is 0.228 e. The highest BCUT2D eigenvalue weighted by molar-refractivity contribution is 6.00. The third-order valence-corrected chi connectivity index (χ3v) is 5.65. The normalized spacial score (nSPS) is 21.0. The molecule has 2 aliphatic heterocycles. The van der Waals surface area contributed by atoms with Gasteiger partial charge in [-0.2, -0.15) is 0 Å². The first kappa shape index (κ1) is 18.7. The highest BCUT2D eigenvalue weighted by Crippen LogP contribution is 2.31. The number of piperidine rings is 1. The van der Waals surface area contributed by atoms with Crippen LogP contribution in [0.2, 0.25) is 0 Å². The van der Waals surface area contributed by atoms with Crippen LogP contribution in [0.4, 0.5) is 5.69 Å². The molecule has 148 valence electrons. The van der Waals surface area contributed by atoms with Gasteiger partial charge in [-0.15, -0.1) is 10.2 Å². The zero-order valence-corrected chi connectivity index (χ0v) is 16.4. The number of hydrogen-bond acceptors (Lipinski definition) is 5. The van der Waals surface area contributed by atoms with Crippen molar-refractivity contribution in [3.05, 3.63) is 42.1 Å². The molecular formula is C21H26N4O3. The summed E-state index contributed by atoms with van der Waals surface area (Å²) in [6, 6.07) is 9.55. The summed E-state index contributed by atoms with van der Waals surface area (Å²) in [7, 11) is 0. The van der Waals surface area contributed by atoms with E-state index in [1.165, 1.54) is 0 Å². The minimum absolute atomic E-state index is 0.0199. The van der Waals surface area contributed by atoms with E-state index in [1.54, 1.807) is 4.90 Å². The summed E-state index contributed by atoms with van der Waals surface area (Å²) in [5.41, 5.74) is 0.860. The van der Waals surface area contributed by atoms with Crippen molar-refractivity contribution in [2.75, 3.05) is 24.5 Å². The lowest BCUT2D eigenvalue weighted by Crippen LogP contribution is -2.42. The number of carbonyl (C=O) groups excluding carboxylic acids is 2. The number of nitrogens with zero attached hydrogens (tertiary/aromatic N) is 4. The average molecular weight is 382 g/mol. The zero-order valence-electron chi connectivity index (χ0n) is 16.4. The number of aromatic nitrogens is 2. The number of anilines is 1. The van der Waals surface area contributed by atoms with Crippen molar-refractivity contribution >= 4 is 17.5 Å². The molecule has 0 spiro atoms. The Balaban J connectivity index is 1.34. The van der Waals surface area contributed by atoms with Crippen LogP contribution in [0.5, 0.6) is 0 Å². The van der Waals surface area contributed by atoms with Gasteiger partial charge in [-0.3, -0.25) is 9.59 Å². The molecule has 2 aliphatic rings. The second-order valence-electron chi connectivity index (χ2n) is 7.97. The number of hydrogen-bond donors (Lipinski definition) is 0. The molecule has 28 heavy (non-hydrogen) atoms. The number of carbonyl (C=O) groups is 2. The summed E-state index contributed by atoms with van der Waals surface area (Å²) < 4.78 is 5.78. The molecule has 7 heteroatoms. The molecule has 0 N–H and O–H groups in total. The van der Waals surface area contributed by atoms with Crippen LogP contribution < -0.4 is 4.90 Å². The SMILES string of the molecule is CC(C)c1nnc(C2CCN(C(=O)[C@H]3CC(=O)N(c4ccccc4)C3)CC2)o1. The van der Waals surface area contributed by atoms with Gasteiger partial charge in [0, 0.05) is 43.6 Å². The van der Waals surface area contributed by atoms with E-state index in [2.05, 4.69) is 10.2 Å². The topological polar surface area (TPSA) is 79.5 Å². The maximum atomic E-state index is 13.0. The predicted octanol–water partition coefficient (Wildman–Crippen LogP) is 2.95. The Hall–Kier alpha value is -2.70. The van der Waals surface area contributed by atoms with Gasteiger partial charge in [0.2, 0.25) is 23.6 Å². The molecule has 1 aromatic carbocycles. The number of amides is 2. The molecule has 7 nitrogen and oxygen atoms in total. The maximum absolute atomic E-state index is 13.0. The first-order chi connectivity index (χ1) is 13.5. The van der Waals surface area contributed by atoms with Crippen molar-refractivity contribution in [3.63, 3.8) is 0 Å². The Bertz CT molecular complexity index is 840. The fraction of sp³-hybridized carbons (Fsp3) is 0.524. The lowest BCUT2D eigenvalue weighted by molar-refractivity contribution is -0.136. The van der Waals surface area contributed by atoms with Crippen LogP contribution in [0.1, 0.15) is 56.7 Å². The molecule has 0 aliphatic carbocycles. The van der Waals surface area contributed by atoms with Gasteiger partial charge in [0.25, 0.3) is 0 Å². The number of benzene rings is 1. The minimum Gasteiger partial charge on any atom is -0.425 e. The van der Waals surface area contributed by atoms with Crippen molar-refractivity contribution in [3.8, 4) is 0 Å². The Morgan fingerprint density at radius 2 is 1.86 bits per heavy atom. The summed E-state index contributed by atoms with van der Waals surface area (Å²) in [6.07, 6.45) is 1.91. The first-order valence-corrected chi connectivity index (χ1v) is 10.0. The molecule has 0 radical (unpaired) electrons. The van der Waals surface area contributed by atoms with Crippen molar-refractivity contribution < 1.29 is 14.0 Å². The Labute approximate surface area is 164 Å². The molecule has 1 atom stereocenters. The molecule has 2 fully saturated rings. The molecule has 1 aromatic heterocycles. The molecule has 0 bridgehead atoms. The second kappa shape index (κ2) is 7.73. The fourth-order valence-corrected chi connectivity index (χ4v) is 3.98. The van der Waals surface area contributed by atoms with E-state index in [0.29, 0.717) is 31.4 Å². The highest BCUT2D eigenvalue weighted by Gasteiger charge is 2.38. The van der Waals surface area contributed by atoms with Crippen LogP contribution in [0, 0.1) is 5.92 Å². The van der Waals surface area contributed by atoms with Gasteiger partial charge in [0.05, 0.1) is 5.92 Å². The molecule has 2 saturated heterocycles. The molecule has 0 saturated carbocycles. The van der Waals surface area contributed by atoms with E-state index in [0.717, 1.165) is 18.5 Å². The number of para-hydroxylation sites is 1. The summed E-state index contributed by atoms with van der Waals surface area (Å²) in [5.74, 6) is 1.61. The lowest BCUT2D eigenvalue weighted by atomic mass is 9.95. The van der Waals surface area contributed by atoms with Gasteiger partial charge < -0.3 is 14.2 Å². The van der Waals surface area contributed by atoms with Gasteiger partial charge in [-0.05, 0) is 25.0 Å². The van der Waals surface area contributed by atoms with E-state index in [9.17, 15) is 9.59 Å². The Morgan fingerprint density at radius 1 is 1.14 bits per heavy atom. The third kappa shape index (κ3) is 3.66. The maximum Gasteiger partial charge on any atom is 0.228 e. The minimum atomic E-state index is -0.264. The molecule has 3 heterocycles. The summed E-state index contributed by atoms with van der Waals surface area (Å²) in [5, 5.41) is 8.30. The Morgan fingerprint density at radius 3 is 2.50 bits per heavy atom. The van der Waals surface area contributed by atoms with Crippen LogP contribution in [-0.2, 0) is 9.59 Å². The monoisotopic (exact) mass is 382 g/mol. The van der Waals surface area contributed by atoms with Crippen LogP contribution in [0.25, 0.3) is 0 Å². The predicted molar refractivity (Wildman–Crippen MR) is 104 cm³/mol. The van der Waals surface area contributed by atoms with Crippen molar-refractivity contribution in [2.24, 2.45) is 5.92 Å². The van der Waals surface area contributed by atoms with Gasteiger partial charge in [0.15, 0.2) is 0 Å². The summed E-state index contributed by atoms with van der Waals surface area (Å²) in [4.78, 5) is 29.0. The van der Waals surface area contributed by atoms with Crippen LogP contribution >= 0.6 is 0 Å². The lowest BCUT2D eigenvalue weighted by Gasteiger charge is -2.32. The molecule has 2 amide bonds. The highest BCUT2D eigenvalue weighted by atomic mass is 16.4. The summed E-state index contributed by atoms with van der Waals surface area (Å²) in [6.45, 7) is 5.85. The van der Waals surface area contributed by atoms with Crippen molar-refractivity contribution in [1.82, 2.24) is 15.1 Å². The van der Waals surface area contributed by atoms with E-state index in [4.69, 9.17) is 4.42 Å². The van der Waals surface area contributed by atoms with Crippen LogP contribution in [0.15, 0.2) is 34.7 Å². The van der Waals surface area contributed by atoms with E-state index in [-0.39, 0.29) is 36.0 Å². The fourth-order valence-electron chi connectivity index (χ4n) is 3.98. The second-order valence-corrected chi connectivity index (χ2v) is 7.97. The third-order valence-electron chi connectivity index (χ3n) is 5.65. The van der Waals surface area contributed by atoms with E-state index < -0.39 is 0 Å². The molecule has 2 aromatic rings. The van der Waals surface area contributed by atoms with Crippen molar-refractivity contribution in [2.45, 2.75) is 44.9 Å². The van der Waals surface area contributed by atoms with Gasteiger partial charge >= 0.3 is 0 Å². The standard InChI is InChI=1S/C21H26N4O3/c1-14(2)19-22-23-20(28-19)15-8-10-24(11-9-15)21(27)16-12-18(26)25(13-16)17-6-4-3-5-7-17/h3-7,14-16H,8-13H2,1-2H3/t16-/m0/s1. The van der Waals surface area contributed by atoms with E-state index in [1.807, 2.05) is 49.1 Å². The van der Waals surface area contributed by atoms with Crippen LogP contribution in [-0.4, -0.2) is 46.5 Å². The van der Waals surface area contributed by atoms with E-state index >= 15 is 0 Å². The van der Waals surface area contributed by atoms with Crippen LogP contribution in [0.3, 0.4) is 0 Å². The summed E-state index contributed by atoms with van der Waals surface area (Å²) >= 11 is 0. The largest absolute Gasteiger partial charge is 0.425 e. The first-order valence-electron chi connectivity index (χ1n) is 10.0. The van der Waals surface area contributed by atoms with Gasteiger partial charge in [0.1, 0.15) is 0 Å². The van der Waals surface area contributed by atoms with Gasteiger partial charge in [-0.25, -0.2) is 0 Å². The number of likely N-dealkylation sites (tertiary alicyclic amines) is 1. The average Bonchev–Trinajstić information content (AvgIpc) is 3.36. The number of rotatable bonds is 4. The molecule has 4 rings (SSSR count).